The molecule has 6 nitrogen and oxygen atoms in total. The van der Waals surface area contributed by atoms with Crippen LogP contribution in [0, 0.1) is 5.92 Å². The van der Waals surface area contributed by atoms with Crippen LogP contribution in [0.1, 0.15) is 21.9 Å². The highest BCUT2D eigenvalue weighted by molar-refractivity contribution is 9.10. The molecular weight excluding hydrogens is 676 g/mol. The number of aromatic nitrogens is 1. The average Bonchev–Trinajstić information content (AvgIpc) is 3.38. The molecule has 0 bridgehead atoms. The molecule has 3 heterocycles. The van der Waals surface area contributed by atoms with Crippen LogP contribution in [-0.2, 0) is 16.2 Å². The first-order valence-corrected chi connectivity index (χ1v) is 15.2. The lowest BCUT2D eigenvalue weighted by molar-refractivity contribution is -0.122. The van der Waals surface area contributed by atoms with Gasteiger partial charge < -0.3 is 9.72 Å². The van der Waals surface area contributed by atoms with E-state index in [1.807, 2.05) is 36.4 Å². The fraction of sp³-hybridized carbons (Fsp3) is 0.148. The van der Waals surface area contributed by atoms with Crippen molar-refractivity contribution in [3.05, 3.63) is 106 Å². The van der Waals surface area contributed by atoms with E-state index in [2.05, 4.69) is 36.8 Å². The van der Waals surface area contributed by atoms with E-state index < -0.39 is 17.1 Å². The van der Waals surface area contributed by atoms with Crippen LogP contribution in [0.3, 0.4) is 0 Å². The normalized spacial score (nSPS) is 20.4. The maximum absolute atomic E-state index is 14.0. The van der Waals surface area contributed by atoms with Gasteiger partial charge in [0.1, 0.15) is 17.6 Å². The molecule has 192 valence electrons. The first-order chi connectivity index (χ1) is 18.3. The van der Waals surface area contributed by atoms with Crippen LogP contribution >= 0.6 is 66.6 Å². The van der Waals surface area contributed by atoms with E-state index in [9.17, 15) is 14.4 Å². The largest absolute Gasteiger partial charge is 0.489 e. The van der Waals surface area contributed by atoms with Gasteiger partial charge in [-0.05, 0) is 60.2 Å². The van der Waals surface area contributed by atoms with Crippen molar-refractivity contribution in [1.29, 1.82) is 0 Å². The highest BCUT2D eigenvalue weighted by Crippen LogP contribution is 2.54. The number of amides is 2. The highest BCUT2D eigenvalue weighted by Gasteiger charge is 2.56. The summed E-state index contributed by atoms with van der Waals surface area (Å²) in [5, 5.41) is 0.540. The summed E-state index contributed by atoms with van der Waals surface area (Å²) in [6.07, 6.45) is 0. The van der Waals surface area contributed by atoms with Crippen LogP contribution in [-0.4, -0.2) is 22.0 Å². The zero-order valence-corrected chi connectivity index (χ0v) is 24.9. The Balaban J connectivity index is 1.45. The molecule has 0 saturated carbocycles. The Morgan fingerprint density at radius 2 is 1.71 bits per heavy atom. The predicted octanol–water partition coefficient (Wildman–Crippen LogP) is 6.99. The summed E-state index contributed by atoms with van der Waals surface area (Å²) in [6.45, 7) is 0.263. The minimum Gasteiger partial charge on any atom is -0.489 e. The number of nitrogens with one attached hydrogen (secondary N) is 1. The Labute approximate surface area is 247 Å². The van der Waals surface area contributed by atoms with Gasteiger partial charge in [0.15, 0.2) is 0 Å². The molecule has 2 aliphatic heterocycles. The van der Waals surface area contributed by atoms with Gasteiger partial charge in [-0.3, -0.25) is 14.4 Å². The molecule has 3 aromatic carbocycles. The number of hydrogen-bond donors (Lipinski definition) is 1. The maximum atomic E-state index is 14.0. The Bertz CT molecular complexity index is 1640. The number of anilines is 1. The molecule has 1 aromatic heterocycles. The molecular formula is C27H17Br2ClN2O4S2. The van der Waals surface area contributed by atoms with Crippen LogP contribution in [0.5, 0.6) is 5.75 Å². The first kappa shape index (κ1) is 25.9. The van der Waals surface area contributed by atoms with Gasteiger partial charge in [-0.25, -0.2) is 4.90 Å². The second-order valence-electron chi connectivity index (χ2n) is 8.84. The van der Waals surface area contributed by atoms with Crippen molar-refractivity contribution in [2.24, 2.45) is 5.92 Å². The minimum atomic E-state index is -0.710. The molecule has 2 aliphatic rings. The van der Waals surface area contributed by atoms with Crippen molar-refractivity contribution in [3.8, 4) is 5.75 Å². The molecule has 3 atom stereocenters. The van der Waals surface area contributed by atoms with Gasteiger partial charge in [0.25, 0.3) is 0 Å². The van der Waals surface area contributed by atoms with Crippen molar-refractivity contribution < 1.29 is 14.3 Å². The van der Waals surface area contributed by atoms with E-state index in [0.717, 1.165) is 36.3 Å². The molecule has 38 heavy (non-hydrogen) atoms. The van der Waals surface area contributed by atoms with E-state index >= 15 is 0 Å². The Morgan fingerprint density at radius 3 is 2.47 bits per heavy atom. The lowest BCUT2D eigenvalue weighted by atomic mass is 9.82. The molecule has 0 spiro atoms. The van der Waals surface area contributed by atoms with Gasteiger partial charge in [0.2, 0.25) is 11.8 Å². The van der Waals surface area contributed by atoms with Crippen molar-refractivity contribution >= 4 is 84.1 Å². The van der Waals surface area contributed by atoms with Crippen LogP contribution in [0.15, 0.2) is 85.5 Å². The average molecular weight is 693 g/mol. The predicted molar refractivity (Wildman–Crippen MR) is 156 cm³/mol. The van der Waals surface area contributed by atoms with Gasteiger partial charge in [-0.1, -0.05) is 78.7 Å². The molecule has 1 fully saturated rings. The summed E-state index contributed by atoms with van der Waals surface area (Å²) < 4.78 is 7.90. The van der Waals surface area contributed by atoms with Crippen LogP contribution < -0.4 is 14.5 Å². The summed E-state index contributed by atoms with van der Waals surface area (Å²) in [4.78, 5) is 44.7. The molecule has 11 heteroatoms. The number of imide groups is 1. The third-order valence-corrected chi connectivity index (χ3v) is 10.2. The molecule has 4 aromatic rings. The molecule has 0 radical (unpaired) electrons. The minimum absolute atomic E-state index is 0.228. The topological polar surface area (TPSA) is 79.5 Å². The number of thiazole rings is 1. The number of carbonyl (C=O) groups is 2. The van der Waals surface area contributed by atoms with Crippen molar-refractivity contribution in [1.82, 2.24) is 4.98 Å². The van der Waals surface area contributed by atoms with Crippen LogP contribution in [0.25, 0.3) is 0 Å². The number of aromatic amines is 1. The summed E-state index contributed by atoms with van der Waals surface area (Å²) in [5.41, 5.74) is 2.14. The fourth-order valence-electron chi connectivity index (χ4n) is 4.88. The van der Waals surface area contributed by atoms with E-state index in [0.29, 0.717) is 21.5 Å². The highest BCUT2D eigenvalue weighted by atomic mass is 79.9. The fourth-order valence-corrected chi connectivity index (χ4v) is 8.24. The van der Waals surface area contributed by atoms with Gasteiger partial charge in [0.05, 0.1) is 16.6 Å². The molecule has 6 rings (SSSR count). The van der Waals surface area contributed by atoms with Crippen molar-refractivity contribution in [2.45, 2.75) is 22.8 Å². The van der Waals surface area contributed by atoms with Crippen molar-refractivity contribution in [3.63, 3.8) is 0 Å². The van der Waals surface area contributed by atoms with E-state index in [1.165, 1.54) is 16.7 Å². The Kier molecular flexibility index (Phi) is 7.02. The van der Waals surface area contributed by atoms with Gasteiger partial charge in [-0.2, -0.15) is 0 Å². The number of thioether (sulfide) groups is 1. The monoisotopic (exact) mass is 690 g/mol. The van der Waals surface area contributed by atoms with Crippen molar-refractivity contribution in [2.75, 3.05) is 4.90 Å². The summed E-state index contributed by atoms with van der Waals surface area (Å²) in [7, 11) is 0. The molecule has 2 amide bonds. The third-order valence-electron chi connectivity index (χ3n) is 6.50. The standard InChI is InChI=1S/C27H17Br2ClN2O4S2/c28-14-4-7-17(8-5-14)32-25(33)21-20(22-24(31-27(35)38-22)37-23(21)26(32)34)18-11-15(29)6-9-19(18)36-12-13-2-1-3-16(30)10-13/h1-11,20-21,23H,12H2,(H,31,35)/t20-,21?,23?/m1/s1. The Hall–Kier alpha value is -2.37. The smallest absolute Gasteiger partial charge is 0.305 e. The number of H-pyrrole nitrogens is 1. The first-order valence-electron chi connectivity index (χ1n) is 11.5. The molecule has 0 aliphatic carbocycles. The SMILES string of the molecule is O=C1C2Sc3[nH]c(=O)sc3[C@H](c3cc(Br)ccc3OCc3cccc(Cl)c3)C2C(=O)N1c1ccc(Br)cc1. The van der Waals surface area contributed by atoms with Crippen LogP contribution in [0.2, 0.25) is 5.02 Å². The van der Waals surface area contributed by atoms with Gasteiger partial charge in [0, 0.05) is 30.3 Å². The van der Waals surface area contributed by atoms with Crippen LogP contribution in [0.4, 0.5) is 5.69 Å². The zero-order valence-electron chi connectivity index (χ0n) is 19.3. The number of halogens is 3. The van der Waals surface area contributed by atoms with E-state index in [4.69, 9.17) is 16.3 Å². The zero-order chi connectivity index (χ0) is 26.6. The number of fused-ring (bicyclic) bond motifs is 2. The number of hydrogen-bond acceptors (Lipinski definition) is 6. The Morgan fingerprint density at radius 1 is 0.947 bits per heavy atom. The van der Waals surface area contributed by atoms with E-state index in [-0.39, 0.29) is 23.3 Å². The maximum Gasteiger partial charge on any atom is 0.305 e. The summed E-state index contributed by atoms with van der Waals surface area (Å²) in [6, 6.07) is 20.1. The lowest BCUT2D eigenvalue weighted by Crippen LogP contribution is -2.32. The lowest BCUT2D eigenvalue weighted by Gasteiger charge is -2.31. The number of rotatable bonds is 5. The van der Waals surface area contributed by atoms with E-state index in [1.54, 1.807) is 30.3 Å². The third kappa shape index (κ3) is 4.66. The molecule has 1 N–H and O–H groups in total. The second kappa shape index (κ2) is 10.3. The summed E-state index contributed by atoms with van der Waals surface area (Å²) >= 11 is 15.4. The number of nitrogens with zero attached hydrogens (tertiary/aromatic N) is 1. The summed E-state index contributed by atoms with van der Waals surface area (Å²) in [5.74, 6) is -1.29. The number of carbonyl (C=O) groups excluding carboxylic acids is 2. The van der Waals surface area contributed by atoms with Gasteiger partial charge in [-0.15, -0.1) is 0 Å². The molecule has 1 saturated heterocycles. The molecule has 2 unspecified atom stereocenters. The quantitative estimate of drug-likeness (QED) is 0.228. The second-order valence-corrected chi connectivity index (χ2v) is 13.3. The van der Waals surface area contributed by atoms with Gasteiger partial charge >= 0.3 is 4.87 Å². The number of ether oxygens (including phenoxy) is 1. The number of benzene rings is 3.